The van der Waals surface area contributed by atoms with Crippen LogP contribution in [-0.4, -0.2) is 20.9 Å². The van der Waals surface area contributed by atoms with Crippen LogP contribution in [0.1, 0.15) is 24.2 Å². The maximum Gasteiger partial charge on any atom is 0.274 e. The Labute approximate surface area is 121 Å². The van der Waals surface area contributed by atoms with Crippen LogP contribution in [-0.2, 0) is 6.54 Å². The van der Waals surface area contributed by atoms with Crippen LogP contribution >= 0.6 is 0 Å². The van der Waals surface area contributed by atoms with E-state index in [9.17, 15) is 9.18 Å². The number of nitrogens with zero attached hydrogens (tertiary/aromatic N) is 2. The van der Waals surface area contributed by atoms with Gasteiger partial charge >= 0.3 is 0 Å². The highest BCUT2D eigenvalue weighted by Crippen LogP contribution is 2.16. The first-order valence-corrected chi connectivity index (χ1v) is 6.44. The summed E-state index contributed by atoms with van der Waals surface area (Å²) in [6.45, 7) is 3.67. The predicted octanol–water partition coefficient (Wildman–Crippen LogP) is 2.97. The minimum absolute atomic E-state index is 0.262. The standard InChI is InChI=1S/C15H16FN3O2/c1-3-11(6-10(2)16)8-19-9-13-5-4-12(15(20)18-21)7-14(13)17-19/h3-7,9,21H,8H2,1-2H3,(H,18,20). The Bertz CT molecular complexity index is 728. The molecule has 0 radical (unpaired) electrons. The van der Waals surface area contributed by atoms with Crippen molar-refractivity contribution in [1.29, 1.82) is 0 Å². The van der Waals surface area contributed by atoms with E-state index in [0.29, 0.717) is 17.6 Å². The van der Waals surface area contributed by atoms with E-state index >= 15 is 0 Å². The van der Waals surface area contributed by atoms with Gasteiger partial charge in [-0.1, -0.05) is 12.1 Å². The van der Waals surface area contributed by atoms with Crippen molar-refractivity contribution in [1.82, 2.24) is 15.3 Å². The van der Waals surface area contributed by atoms with Crippen molar-refractivity contribution in [2.45, 2.75) is 20.4 Å². The van der Waals surface area contributed by atoms with E-state index in [2.05, 4.69) is 5.10 Å². The summed E-state index contributed by atoms with van der Waals surface area (Å²) in [5.74, 6) is -0.849. The van der Waals surface area contributed by atoms with Crippen LogP contribution in [0, 0.1) is 0 Å². The summed E-state index contributed by atoms with van der Waals surface area (Å²) >= 11 is 0. The summed E-state index contributed by atoms with van der Waals surface area (Å²) < 4.78 is 14.6. The number of hydrogen-bond donors (Lipinski definition) is 2. The lowest BCUT2D eigenvalue weighted by atomic mass is 10.1. The lowest BCUT2D eigenvalue weighted by Crippen LogP contribution is -2.18. The molecule has 0 atom stereocenters. The molecule has 0 aliphatic heterocycles. The first-order chi connectivity index (χ1) is 10.0. The molecule has 0 spiro atoms. The van der Waals surface area contributed by atoms with Gasteiger partial charge in [0, 0.05) is 17.1 Å². The first-order valence-electron chi connectivity index (χ1n) is 6.44. The molecule has 0 saturated heterocycles. The molecular formula is C15H16FN3O2. The Balaban J connectivity index is 2.31. The molecule has 110 valence electrons. The minimum atomic E-state index is -0.586. The van der Waals surface area contributed by atoms with Gasteiger partial charge in [0.15, 0.2) is 0 Å². The molecule has 2 rings (SSSR count). The lowest BCUT2D eigenvalue weighted by molar-refractivity contribution is 0.0706. The van der Waals surface area contributed by atoms with Crippen molar-refractivity contribution in [2.75, 3.05) is 0 Å². The number of nitrogens with one attached hydrogen (secondary N) is 1. The van der Waals surface area contributed by atoms with Crippen LogP contribution < -0.4 is 5.48 Å². The number of carbonyl (C=O) groups excluding carboxylic acids is 1. The lowest BCUT2D eigenvalue weighted by Gasteiger charge is -2.01. The van der Waals surface area contributed by atoms with Crippen LogP contribution in [0.5, 0.6) is 0 Å². The number of amides is 1. The summed E-state index contributed by atoms with van der Waals surface area (Å²) in [5.41, 5.74) is 3.34. The number of allylic oxidation sites excluding steroid dienone is 4. The molecule has 21 heavy (non-hydrogen) atoms. The van der Waals surface area contributed by atoms with Gasteiger partial charge in [-0.25, -0.2) is 9.87 Å². The number of hydroxylamine groups is 1. The van der Waals surface area contributed by atoms with Crippen LogP contribution in [0.15, 0.2) is 47.9 Å². The number of aromatic nitrogens is 2. The molecule has 0 saturated carbocycles. The van der Waals surface area contributed by atoms with Gasteiger partial charge in [-0.3, -0.25) is 14.7 Å². The Kier molecular flexibility index (Phi) is 4.49. The summed E-state index contributed by atoms with van der Waals surface area (Å²) in [6, 6.07) is 4.93. The molecule has 0 bridgehead atoms. The van der Waals surface area contributed by atoms with Crippen molar-refractivity contribution in [3.05, 3.63) is 53.5 Å². The average molecular weight is 289 g/mol. The summed E-state index contributed by atoms with van der Waals surface area (Å²) in [5, 5.41) is 13.8. The normalized spacial score (nSPS) is 12.8. The molecule has 6 heteroatoms. The maximum atomic E-state index is 12.9. The molecule has 0 aliphatic rings. The van der Waals surface area contributed by atoms with Gasteiger partial charge in [0.05, 0.1) is 17.9 Å². The molecule has 1 aromatic carbocycles. The van der Waals surface area contributed by atoms with E-state index in [1.807, 2.05) is 19.2 Å². The average Bonchev–Trinajstić information content (AvgIpc) is 2.86. The van der Waals surface area contributed by atoms with Gasteiger partial charge in [0.2, 0.25) is 0 Å². The van der Waals surface area contributed by atoms with Crippen LogP contribution in [0.3, 0.4) is 0 Å². The Morgan fingerprint density at radius 2 is 2.29 bits per heavy atom. The smallest absolute Gasteiger partial charge is 0.274 e. The third kappa shape index (κ3) is 3.55. The quantitative estimate of drug-likeness (QED) is 0.516. The van der Waals surface area contributed by atoms with E-state index < -0.39 is 5.91 Å². The minimum Gasteiger partial charge on any atom is -0.288 e. The number of fused-ring (bicyclic) bond motifs is 1. The second-order valence-corrected chi connectivity index (χ2v) is 4.64. The third-order valence-corrected chi connectivity index (χ3v) is 3.02. The highest BCUT2D eigenvalue weighted by atomic mass is 19.1. The topological polar surface area (TPSA) is 67.2 Å². The number of halogens is 1. The zero-order valence-electron chi connectivity index (χ0n) is 11.8. The predicted molar refractivity (Wildman–Crippen MR) is 77.6 cm³/mol. The van der Waals surface area contributed by atoms with Crippen molar-refractivity contribution in [2.24, 2.45) is 0 Å². The fraction of sp³-hybridized carbons (Fsp3) is 0.200. The highest BCUT2D eigenvalue weighted by molar-refractivity contribution is 5.97. The second kappa shape index (κ2) is 6.32. The molecule has 2 N–H and O–H groups in total. The molecule has 1 heterocycles. The van der Waals surface area contributed by atoms with E-state index in [1.165, 1.54) is 13.0 Å². The van der Waals surface area contributed by atoms with Crippen molar-refractivity contribution >= 4 is 16.8 Å². The summed E-state index contributed by atoms with van der Waals surface area (Å²) in [7, 11) is 0. The van der Waals surface area contributed by atoms with Crippen LogP contribution in [0.2, 0.25) is 0 Å². The Morgan fingerprint density at radius 1 is 1.52 bits per heavy atom. The Hall–Kier alpha value is -2.47. The highest BCUT2D eigenvalue weighted by Gasteiger charge is 2.08. The molecule has 1 amide bonds. The SMILES string of the molecule is CC=C(C=C(C)F)Cn1cc2ccc(C(=O)NO)cc2n1. The zero-order chi connectivity index (χ0) is 15.4. The fourth-order valence-electron chi connectivity index (χ4n) is 2.02. The van der Waals surface area contributed by atoms with Gasteiger partial charge < -0.3 is 0 Å². The monoisotopic (exact) mass is 289 g/mol. The van der Waals surface area contributed by atoms with Gasteiger partial charge in [-0.05, 0) is 37.6 Å². The zero-order valence-corrected chi connectivity index (χ0v) is 11.8. The van der Waals surface area contributed by atoms with Gasteiger partial charge in [0.25, 0.3) is 5.91 Å². The van der Waals surface area contributed by atoms with E-state index in [4.69, 9.17) is 5.21 Å². The van der Waals surface area contributed by atoms with Crippen LogP contribution in [0.4, 0.5) is 4.39 Å². The summed E-state index contributed by atoms with van der Waals surface area (Å²) in [6.07, 6.45) is 5.10. The second-order valence-electron chi connectivity index (χ2n) is 4.64. The number of carbonyl (C=O) groups is 1. The van der Waals surface area contributed by atoms with Crippen molar-refractivity contribution < 1.29 is 14.4 Å². The number of rotatable bonds is 4. The van der Waals surface area contributed by atoms with Crippen molar-refractivity contribution in [3.63, 3.8) is 0 Å². The van der Waals surface area contributed by atoms with Crippen LogP contribution in [0.25, 0.3) is 10.9 Å². The first kappa shape index (κ1) is 14.9. The molecule has 0 unspecified atom stereocenters. The van der Waals surface area contributed by atoms with Gasteiger partial charge in [0.1, 0.15) is 0 Å². The molecule has 5 nitrogen and oxygen atoms in total. The van der Waals surface area contributed by atoms with Crippen molar-refractivity contribution in [3.8, 4) is 0 Å². The maximum absolute atomic E-state index is 12.9. The fourth-order valence-corrected chi connectivity index (χ4v) is 2.02. The molecule has 2 aromatic rings. The number of benzene rings is 1. The Morgan fingerprint density at radius 3 is 2.90 bits per heavy atom. The van der Waals surface area contributed by atoms with E-state index in [1.54, 1.807) is 28.4 Å². The molecular weight excluding hydrogens is 273 g/mol. The number of hydrogen-bond acceptors (Lipinski definition) is 3. The van der Waals surface area contributed by atoms with Gasteiger partial charge in [-0.2, -0.15) is 5.10 Å². The molecule has 0 aliphatic carbocycles. The molecule has 1 aromatic heterocycles. The van der Waals surface area contributed by atoms with Gasteiger partial charge in [-0.15, -0.1) is 0 Å². The summed E-state index contributed by atoms with van der Waals surface area (Å²) in [4.78, 5) is 11.4. The third-order valence-electron chi connectivity index (χ3n) is 3.02. The van der Waals surface area contributed by atoms with E-state index in [0.717, 1.165) is 11.0 Å². The van der Waals surface area contributed by atoms with E-state index in [-0.39, 0.29) is 5.83 Å². The molecule has 0 fully saturated rings. The largest absolute Gasteiger partial charge is 0.288 e.